The normalized spacial score (nSPS) is 10.7. The van der Waals surface area contributed by atoms with Crippen LogP contribution in [0.3, 0.4) is 0 Å². The van der Waals surface area contributed by atoms with Crippen molar-refractivity contribution in [2.24, 2.45) is 0 Å². The van der Waals surface area contributed by atoms with Gasteiger partial charge in [0.05, 0.1) is 5.56 Å². The summed E-state index contributed by atoms with van der Waals surface area (Å²) in [4.78, 5) is 11.6. The average molecular weight is 230 g/mol. The summed E-state index contributed by atoms with van der Waals surface area (Å²) in [6.07, 6.45) is 4.92. The van der Waals surface area contributed by atoms with Crippen LogP contribution in [0, 0.1) is 0 Å². The third-order valence-corrected chi connectivity index (χ3v) is 2.07. The predicted octanol–water partition coefficient (Wildman–Crippen LogP) is 2.85. The molecule has 0 aliphatic heterocycles. The van der Waals surface area contributed by atoms with Crippen molar-refractivity contribution in [2.75, 3.05) is 6.61 Å². The second-order valence-electron chi connectivity index (χ2n) is 3.30. The summed E-state index contributed by atoms with van der Waals surface area (Å²) in [7, 11) is 0. The van der Waals surface area contributed by atoms with Gasteiger partial charge in [0.15, 0.2) is 0 Å². The van der Waals surface area contributed by atoms with E-state index in [1.54, 1.807) is 18.2 Å². The van der Waals surface area contributed by atoms with Crippen LogP contribution in [0.25, 0.3) is 0 Å². The largest absolute Gasteiger partial charge is 0.508 e. The molecule has 3 nitrogen and oxygen atoms in total. The number of hydrogen-bond donors (Lipinski definition) is 1. The van der Waals surface area contributed by atoms with Gasteiger partial charge in [0.25, 0.3) is 0 Å². The minimum atomic E-state index is -0.443. The van der Waals surface area contributed by atoms with E-state index in [1.807, 2.05) is 0 Å². The fourth-order valence-corrected chi connectivity index (χ4v) is 1.16. The van der Waals surface area contributed by atoms with Crippen molar-refractivity contribution in [3.05, 3.63) is 66.8 Å². The van der Waals surface area contributed by atoms with Gasteiger partial charge in [-0.2, -0.15) is 0 Å². The van der Waals surface area contributed by atoms with Crippen LogP contribution in [-0.2, 0) is 4.74 Å². The smallest absolute Gasteiger partial charge is 0.338 e. The molecule has 0 fully saturated rings. The van der Waals surface area contributed by atoms with E-state index in [-0.39, 0.29) is 12.4 Å². The lowest BCUT2D eigenvalue weighted by Crippen LogP contribution is -2.07. The second kappa shape index (κ2) is 6.33. The SMILES string of the molecule is C=C/C=C(\C=C)COC(=O)c1ccc(O)cc1. The lowest BCUT2D eigenvalue weighted by Gasteiger charge is -2.05. The molecule has 0 spiro atoms. The van der Waals surface area contributed by atoms with Gasteiger partial charge in [-0.25, -0.2) is 4.79 Å². The molecule has 0 aliphatic carbocycles. The molecule has 1 N–H and O–H groups in total. The molecule has 0 bridgehead atoms. The summed E-state index contributed by atoms with van der Waals surface area (Å²) in [6.45, 7) is 7.30. The zero-order valence-electron chi connectivity index (χ0n) is 9.43. The molecule has 0 aromatic heterocycles. The summed E-state index contributed by atoms with van der Waals surface area (Å²) in [5, 5.41) is 9.08. The number of carbonyl (C=O) groups excluding carboxylic acids is 1. The van der Waals surface area contributed by atoms with Crippen molar-refractivity contribution in [3.63, 3.8) is 0 Å². The first kappa shape index (κ1) is 12.8. The molecular weight excluding hydrogens is 216 g/mol. The highest BCUT2D eigenvalue weighted by Gasteiger charge is 2.06. The first-order chi connectivity index (χ1) is 8.17. The number of hydrogen-bond acceptors (Lipinski definition) is 3. The lowest BCUT2D eigenvalue weighted by molar-refractivity contribution is 0.0543. The van der Waals surface area contributed by atoms with Crippen molar-refractivity contribution in [1.82, 2.24) is 0 Å². The number of aromatic hydroxyl groups is 1. The van der Waals surface area contributed by atoms with E-state index >= 15 is 0 Å². The van der Waals surface area contributed by atoms with Crippen LogP contribution in [0.1, 0.15) is 10.4 Å². The van der Waals surface area contributed by atoms with Gasteiger partial charge in [-0.15, -0.1) is 0 Å². The summed E-state index contributed by atoms with van der Waals surface area (Å²) in [6, 6.07) is 5.88. The minimum absolute atomic E-state index is 0.111. The van der Waals surface area contributed by atoms with E-state index in [0.717, 1.165) is 5.57 Å². The molecule has 0 heterocycles. The third-order valence-electron chi connectivity index (χ3n) is 2.07. The Morgan fingerprint density at radius 3 is 2.47 bits per heavy atom. The monoisotopic (exact) mass is 230 g/mol. The molecular formula is C14H14O3. The van der Waals surface area contributed by atoms with Crippen LogP contribution in [0.5, 0.6) is 5.75 Å². The quantitative estimate of drug-likeness (QED) is 0.625. The number of phenols is 1. The number of phenolic OH excluding ortho intramolecular Hbond substituents is 1. The van der Waals surface area contributed by atoms with Crippen molar-refractivity contribution in [3.8, 4) is 5.75 Å². The molecule has 0 unspecified atom stereocenters. The predicted molar refractivity (Wildman–Crippen MR) is 66.9 cm³/mol. The molecule has 17 heavy (non-hydrogen) atoms. The molecule has 1 aromatic carbocycles. The number of rotatable bonds is 5. The third kappa shape index (κ3) is 3.99. The lowest BCUT2D eigenvalue weighted by atomic mass is 10.2. The van der Waals surface area contributed by atoms with Crippen LogP contribution in [-0.4, -0.2) is 17.7 Å². The summed E-state index contributed by atoms with van der Waals surface area (Å²) in [5.74, 6) is -0.332. The van der Waals surface area contributed by atoms with Crippen molar-refractivity contribution in [1.29, 1.82) is 0 Å². The molecule has 1 aromatic rings. The maximum absolute atomic E-state index is 11.6. The number of benzene rings is 1. The standard InChI is InChI=1S/C14H14O3/c1-3-5-11(4-2)10-17-14(16)12-6-8-13(15)9-7-12/h3-9,15H,1-2,10H2/b11-5+. The van der Waals surface area contributed by atoms with Crippen LogP contribution in [0.15, 0.2) is 61.2 Å². The number of ether oxygens (including phenoxy) is 1. The fourth-order valence-electron chi connectivity index (χ4n) is 1.16. The van der Waals surface area contributed by atoms with Gasteiger partial charge in [-0.05, 0) is 29.8 Å². The Hall–Kier alpha value is -2.29. The number of esters is 1. The van der Waals surface area contributed by atoms with E-state index in [2.05, 4.69) is 13.2 Å². The molecule has 0 amide bonds. The zero-order valence-corrected chi connectivity index (χ0v) is 9.43. The minimum Gasteiger partial charge on any atom is -0.508 e. The summed E-state index contributed by atoms with van der Waals surface area (Å²) >= 11 is 0. The zero-order chi connectivity index (χ0) is 12.7. The van der Waals surface area contributed by atoms with E-state index in [1.165, 1.54) is 24.3 Å². The van der Waals surface area contributed by atoms with Crippen LogP contribution in [0.4, 0.5) is 0 Å². The molecule has 0 atom stereocenters. The van der Waals surface area contributed by atoms with Crippen molar-refractivity contribution >= 4 is 5.97 Å². The van der Waals surface area contributed by atoms with Crippen molar-refractivity contribution in [2.45, 2.75) is 0 Å². The van der Waals surface area contributed by atoms with Gasteiger partial charge < -0.3 is 9.84 Å². The Bertz CT molecular complexity index is 441. The van der Waals surface area contributed by atoms with Crippen LogP contribution >= 0.6 is 0 Å². The Labute approximate surface area is 100 Å². The molecule has 0 aliphatic rings. The first-order valence-electron chi connectivity index (χ1n) is 5.07. The topological polar surface area (TPSA) is 46.5 Å². The Morgan fingerprint density at radius 1 is 1.29 bits per heavy atom. The van der Waals surface area contributed by atoms with E-state index in [0.29, 0.717) is 5.56 Å². The Morgan fingerprint density at radius 2 is 1.94 bits per heavy atom. The Balaban J connectivity index is 2.61. The highest BCUT2D eigenvalue weighted by molar-refractivity contribution is 5.89. The van der Waals surface area contributed by atoms with Gasteiger partial charge >= 0.3 is 5.97 Å². The maximum Gasteiger partial charge on any atom is 0.338 e. The summed E-state index contributed by atoms with van der Waals surface area (Å²) < 4.78 is 5.07. The van der Waals surface area contributed by atoms with Crippen molar-refractivity contribution < 1.29 is 14.6 Å². The first-order valence-corrected chi connectivity index (χ1v) is 5.07. The van der Waals surface area contributed by atoms with E-state index in [9.17, 15) is 4.79 Å². The van der Waals surface area contributed by atoms with Gasteiger partial charge in [-0.3, -0.25) is 0 Å². The number of allylic oxidation sites excluding steroid dienone is 2. The molecule has 0 saturated carbocycles. The molecule has 3 heteroatoms. The Kier molecular flexibility index (Phi) is 4.76. The highest BCUT2D eigenvalue weighted by atomic mass is 16.5. The fraction of sp³-hybridized carbons (Fsp3) is 0.0714. The van der Waals surface area contributed by atoms with Gasteiger partial charge in [0.1, 0.15) is 12.4 Å². The van der Waals surface area contributed by atoms with Crippen LogP contribution < -0.4 is 0 Å². The van der Waals surface area contributed by atoms with Crippen LogP contribution in [0.2, 0.25) is 0 Å². The molecule has 0 saturated heterocycles. The molecule has 0 radical (unpaired) electrons. The van der Waals surface area contributed by atoms with Gasteiger partial charge in [0, 0.05) is 0 Å². The van der Waals surface area contributed by atoms with E-state index in [4.69, 9.17) is 9.84 Å². The maximum atomic E-state index is 11.6. The number of carbonyl (C=O) groups is 1. The summed E-state index contributed by atoms with van der Waals surface area (Å²) in [5.41, 5.74) is 1.16. The molecule has 1 rings (SSSR count). The average Bonchev–Trinajstić information content (AvgIpc) is 2.35. The van der Waals surface area contributed by atoms with E-state index < -0.39 is 5.97 Å². The van der Waals surface area contributed by atoms with Gasteiger partial charge in [0.2, 0.25) is 0 Å². The highest BCUT2D eigenvalue weighted by Crippen LogP contribution is 2.11. The van der Waals surface area contributed by atoms with Gasteiger partial charge in [-0.1, -0.05) is 31.4 Å². The molecule has 88 valence electrons. The second-order valence-corrected chi connectivity index (χ2v) is 3.30.